The van der Waals surface area contributed by atoms with Crippen LogP contribution in [0.1, 0.15) is 10.6 Å². The van der Waals surface area contributed by atoms with Crippen molar-refractivity contribution in [1.29, 1.82) is 0 Å². The van der Waals surface area contributed by atoms with Gasteiger partial charge in [-0.3, -0.25) is 4.98 Å². The van der Waals surface area contributed by atoms with E-state index in [1.165, 1.54) is 18.6 Å². The van der Waals surface area contributed by atoms with Gasteiger partial charge in [0.25, 0.3) is 0 Å². The minimum atomic E-state index is -2.85. The van der Waals surface area contributed by atoms with Crippen LogP contribution in [-0.4, -0.2) is 21.6 Å². The Labute approximate surface area is 129 Å². The molecule has 1 N–H and O–H groups in total. The SMILES string of the molecule is Cc1cc2c(NCc3ccc(OC(F)F)cn3)ncnc2s1. The smallest absolute Gasteiger partial charge is 0.387 e. The summed E-state index contributed by atoms with van der Waals surface area (Å²) >= 11 is 1.60. The first kappa shape index (κ1) is 14.6. The first-order chi connectivity index (χ1) is 10.6. The summed E-state index contributed by atoms with van der Waals surface area (Å²) in [5, 5.41) is 4.14. The van der Waals surface area contributed by atoms with E-state index in [2.05, 4.69) is 25.0 Å². The maximum absolute atomic E-state index is 12.1. The molecule has 0 saturated carbocycles. The molecular weight excluding hydrogens is 310 g/mol. The highest BCUT2D eigenvalue weighted by atomic mass is 32.1. The molecule has 0 atom stereocenters. The molecule has 8 heteroatoms. The molecule has 0 radical (unpaired) electrons. The lowest BCUT2D eigenvalue weighted by Gasteiger charge is -2.07. The molecular formula is C14H12F2N4OS. The summed E-state index contributed by atoms with van der Waals surface area (Å²) in [6.45, 7) is -0.406. The van der Waals surface area contributed by atoms with Crippen molar-refractivity contribution >= 4 is 27.4 Å². The number of halogens is 2. The third-order valence-electron chi connectivity index (χ3n) is 2.91. The number of hydrogen-bond acceptors (Lipinski definition) is 6. The van der Waals surface area contributed by atoms with Crippen molar-refractivity contribution in [2.45, 2.75) is 20.1 Å². The molecule has 0 bridgehead atoms. The minimum absolute atomic E-state index is 0.0386. The highest BCUT2D eigenvalue weighted by Crippen LogP contribution is 2.27. The Balaban J connectivity index is 1.71. The number of fused-ring (bicyclic) bond motifs is 1. The minimum Gasteiger partial charge on any atom is -0.433 e. The van der Waals surface area contributed by atoms with Gasteiger partial charge >= 0.3 is 6.61 Å². The zero-order valence-electron chi connectivity index (χ0n) is 11.6. The number of pyridine rings is 1. The van der Waals surface area contributed by atoms with E-state index < -0.39 is 6.61 Å². The first-order valence-electron chi connectivity index (χ1n) is 6.46. The third-order valence-corrected chi connectivity index (χ3v) is 3.87. The average Bonchev–Trinajstić information content (AvgIpc) is 2.86. The number of hydrogen-bond donors (Lipinski definition) is 1. The Bertz CT molecular complexity index is 776. The number of thiophene rings is 1. The first-order valence-corrected chi connectivity index (χ1v) is 7.28. The van der Waals surface area contributed by atoms with Gasteiger partial charge in [-0.25, -0.2) is 9.97 Å². The average molecular weight is 322 g/mol. The van der Waals surface area contributed by atoms with Gasteiger partial charge in [0.1, 0.15) is 22.7 Å². The van der Waals surface area contributed by atoms with Gasteiger partial charge in [0, 0.05) is 4.88 Å². The lowest BCUT2D eigenvalue weighted by Crippen LogP contribution is -2.05. The number of nitrogens with zero attached hydrogens (tertiary/aromatic N) is 3. The molecule has 114 valence electrons. The third kappa shape index (κ3) is 3.28. The molecule has 0 unspecified atom stereocenters. The summed E-state index contributed by atoms with van der Waals surface area (Å²) in [5.74, 6) is 0.765. The molecule has 22 heavy (non-hydrogen) atoms. The fourth-order valence-electron chi connectivity index (χ4n) is 1.98. The molecule has 5 nitrogen and oxygen atoms in total. The van der Waals surface area contributed by atoms with Crippen molar-refractivity contribution < 1.29 is 13.5 Å². The number of aryl methyl sites for hydroxylation is 1. The van der Waals surface area contributed by atoms with Gasteiger partial charge in [0.05, 0.1) is 23.8 Å². The molecule has 0 aromatic carbocycles. The van der Waals surface area contributed by atoms with E-state index in [4.69, 9.17) is 0 Å². The van der Waals surface area contributed by atoms with Crippen molar-refractivity contribution in [3.05, 3.63) is 41.3 Å². The van der Waals surface area contributed by atoms with Crippen molar-refractivity contribution in [2.75, 3.05) is 5.32 Å². The van der Waals surface area contributed by atoms with Crippen LogP contribution in [0.4, 0.5) is 14.6 Å². The highest BCUT2D eigenvalue weighted by Gasteiger charge is 2.08. The van der Waals surface area contributed by atoms with E-state index >= 15 is 0 Å². The van der Waals surface area contributed by atoms with Crippen LogP contribution in [0, 0.1) is 6.92 Å². The molecule has 0 aliphatic heterocycles. The Morgan fingerprint density at radius 3 is 2.86 bits per heavy atom. The second-order valence-corrected chi connectivity index (χ2v) is 5.75. The van der Waals surface area contributed by atoms with Gasteiger partial charge in [0.2, 0.25) is 0 Å². The van der Waals surface area contributed by atoms with Crippen molar-refractivity contribution in [3.8, 4) is 5.75 Å². The van der Waals surface area contributed by atoms with Crippen LogP contribution >= 0.6 is 11.3 Å². The molecule has 3 heterocycles. The predicted octanol–water partition coefficient (Wildman–Crippen LogP) is 3.61. The monoisotopic (exact) mass is 322 g/mol. The van der Waals surface area contributed by atoms with Crippen LogP contribution in [0.25, 0.3) is 10.2 Å². The summed E-state index contributed by atoms with van der Waals surface area (Å²) in [4.78, 5) is 14.6. The molecule has 3 aromatic heterocycles. The van der Waals surface area contributed by atoms with E-state index in [-0.39, 0.29) is 5.75 Å². The fraction of sp³-hybridized carbons (Fsp3) is 0.214. The summed E-state index contributed by atoms with van der Waals surface area (Å²) in [6, 6.07) is 5.11. The van der Waals surface area contributed by atoms with Crippen LogP contribution in [0.3, 0.4) is 0 Å². The highest BCUT2D eigenvalue weighted by molar-refractivity contribution is 7.18. The fourth-order valence-corrected chi connectivity index (χ4v) is 2.83. The largest absolute Gasteiger partial charge is 0.433 e. The van der Waals surface area contributed by atoms with Gasteiger partial charge in [0.15, 0.2) is 0 Å². The van der Waals surface area contributed by atoms with Gasteiger partial charge in [-0.2, -0.15) is 8.78 Å². The van der Waals surface area contributed by atoms with Gasteiger partial charge in [-0.15, -0.1) is 11.3 Å². The van der Waals surface area contributed by atoms with Gasteiger partial charge < -0.3 is 10.1 Å². The molecule has 0 aliphatic rings. The number of ether oxygens (including phenoxy) is 1. The summed E-state index contributed by atoms with van der Waals surface area (Å²) in [7, 11) is 0. The molecule has 0 spiro atoms. The summed E-state index contributed by atoms with van der Waals surface area (Å²) in [6.07, 6.45) is 2.78. The Morgan fingerprint density at radius 2 is 2.14 bits per heavy atom. The standard InChI is InChI=1S/C14H12F2N4OS/c1-8-4-11-12(19-7-20-13(11)22-8)18-5-9-2-3-10(6-17-9)21-14(15)16/h2-4,6-7,14H,5H2,1H3,(H,18,19,20). The maximum atomic E-state index is 12.1. The van der Waals surface area contributed by atoms with E-state index in [0.717, 1.165) is 20.9 Å². The summed E-state index contributed by atoms with van der Waals surface area (Å²) < 4.78 is 28.4. The molecule has 0 aliphatic carbocycles. The van der Waals surface area contributed by atoms with Gasteiger partial charge in [-0.05, 0) is 25.1 Å². The van der Waals surface area contributed by atoms with Crippen molar-refractivity contribution in [2.24, 2.45) is 0 Å². The van der Waals surface area contributed by atoms with E-state index in [0.29, 0.717) is 12.2 Å². The van der Waals surface area contributed by atoms with Crippen LogP contribution in [-0.2, 0) is 6.54 Å². The number of alkyl halides is 2. The number of nitrogens with one attached hydrogen (secondary N) is 1. The number of aromatic nitrogens is 3. The van der Waals surface area contributed by atoms with Gasteiger partial charge in [-0.1, -0.05) is 0 Å². The molecule has 0 amide bonds. The topological polar surface area (TPSA) is 59.9 Å². The number of rotatable bonds is 5. The van der Waals surface area contributed by atoms with Crippen LogP contribution in [0.5, 0.6) is 5.75 Å². The van der Waals surface area contributed by atoms with Crippen LogP contribution in [0.2, 0.25) is 0 Å². The zero-order chi connectivity index (χ0) is 15.5. The lowest BCUT2D eigenvalue weighted by molar-refractivity contribution is -0.0500. The molecule has 0 saturated heterocycles. The lowest BCUT2D eigenvalue weighted by atomic mass is 10.3. The predicted molar refractivity (Wildman–Crippen MR) is 80.3 cm³/mol. The zero-order valence-corrected chi connectivity index (χ0v) is 12.4. The second-order valence-electron chi connectivity index (χ2n) is 4.52. The van der Waals surface area contributed by atoms with Crippen molar-refractivity contribution in [3.63, 3.8) is 0 Å². The normalized spacial score (nSPS) is 11.1. The Kier molecular flexibility index (Phi) is 4.10. The van der Waals surface area contributed by atoms with E-state index in [9.17, 15) is 8.78 Å². The van der Waals surface area contributed by atoms with Crippen LogP contribution in [0.15, 0.2) is 30.7 Å². The molecule has 0 fully saturated rings. The maximum Gasteiger partial charge on any atom is 0.387 e. The van der Waals surface area contributed by atoms with E-state index in [1.54, 1.807) is 17.4 Å². The van der Waals surface area contributed by atoms with E-state index in [1.807, 2.05) is 13.0 Å². The number of anilines is 1. The Morgan fingerprint density at radius 1 is 1.27 bits per heavy atom. The Hall–Kier alpha value is -2.35. The molecule has 3 aromatic rings. The second kappa shape index (κ2) is 6.18. The quantitative estimate of drug-likeness (QED) is 0.777. The summed E-state index contributed by atoms with van der Waals surface area (Å²) in [5.41, 5.74) is 0.695. The van der Waals surface area contributed by atoms with Crippen LogP contribution < -0.4 is 10.1 Å². The van der Waals surface area contributed by atoms with Crippen molar-refractivity contribution in [1.82, 2.24) is 15.0 Å². The molecule has 3 rings (SSSR count).